The molecule has 0 bridgehead atoms. The minimum absolute atomic E-state index is 0.0128. The van der Waals surface area contributed by atoms with Crippen molar-refractivity contribution >= 4 is 21.4 Å². The quantitative estimate of drug-likeness (QED) is 0.515. The molecular formula is C22H23ClFN3O4S. The minimum atomic E-state index is -3.18. The van der Waals surface area contributed by atoms with Crippen LogP contribution < -0.4 is 9.47 Å². The summed E-state index contributed by atoms with van der Waals surface area (Å²) in [6, 6.07) is 9.28. The van der Waals surface area contributed by atoms with Gasteiger partial charge in [-0.3, -0.25) is 0 Å². The zero-order valence-corrected chi connectivity index (χ0v) is 19.3. The molecule has 1 fully saturated rings. The molecule has 7 nitrogen and oxygen atoms in total. The Balaban J connectivity index is 1.84. The van der Waals surface area contributed by atoms with Crippen molar-refractivity contribution in [3.05, 3.63) is 47.2 Å². The van der Waals surface area contributed by atoms with Gasteiger partial charge < -0.3 is 9.47 Å². The predicted molar refractivity (Wildman–Crippen MR) is 121 cm³/mol. The number of rotatable bonds is 6. The predicted octanol–water partition coefficient (Wildman–Crippen LogP) is 4.56. The van der Waals surface area contributed by atoms with Crippen LogP contribution in [0.1, 0.15) is 25.8 Å². The van der Waals surface area contributed by atoms with Gasteiger partial charge >= 0.3 is 0 Å². The molecule has 1 atom stereocenters. The van der Waals surface area contributed by atoms with Crippen LogP contribution in [0.4, 0.5) is 4.39 Å². The van der Waals surface area contributed by atoms with Gasteiger partial charge in [0.2, 0.25) is 0 Å². The van der Waals surface area contributed by atoms with Crippen LogP contribution in [0.2, 0.25) is 5.02 Å². The second-order valence-corrected chi connectivity index (χ2v) is 10.2. The van der Waals surface area contributed by atoms with Gasteiger partial charge in [-0.15, -0.1) is 0 Å². The Kier molecular flexibility index (Phi) is 6.39. The Morgan fingerprint density at radius 2 is 1.97 bits per heavy atom. The van der Waals surface area contributed by atoms with Crippen LogP contribution in [0.25, 0.3) is 22.8 Å². The van der Waals surface area contributed by atoms with E-state index in [0.717, 1.165) is 0 Å². The van der Waals surface area contributed by atoms with Crippen molar-refractivity contribution in [2.24, 2.45) is 0 Å². The van der Waals surface area contributed by atoms with Crippen molar-refractivity contribution in [3.63, 3.8) is 0 Å². The van der Waals surface area contributed by atoms with Crippen LogP contribution in [0, 0.1) is 5.82 Å². The number of sulfone groups is 1. The minimum Gasteiger partial charge on any atom is -0.493 e. The molecule has 0 radical (unpaired) electrons. The number of ether oxygens (including phenoxy) is 2. The lowest BCUT2D eigenvalue weighted by Crippen LogP contribution is -2.28. The van der Waals surface area contributed by atoms with E-state index in [0.29, 0.717) is 53.7 Å². The molecule has 32 heavy (non-hydrogen) atoms. The summed E-state index contributed by atoms with van der Waals surface area (Å²) in [4.78, 5) is 4.68. The van der Waals surface area contributed by atoms with Crippen molar-refractivity contribution in [3.8, 4) is 34.3 Å². The van der Waals surface area contributed by atoms with Crippen LogP contribution in [-0.4, -0.2) is 48.4 Å². The molecule has 4 rings (SSSR count). The largest absolute Gasteiger partial charge is 0.493 e. The number of benzene rings is 2. The molecule has 0 amide bonds. The summed E-state index contributed by atoms with van der Waals surface area (Å²) in [5, 5.41) is 4.58. The van der Waals surface area contributed by atoms with Crippen molar-refractivity contribution < 1.29 is 22.3 Å². The molecule has 1 aromatic heterocycles. The number of hydrogen-bond acceptors (Lipinski definition) is 6. The summed E-state index contributed by atoms with van der Waals surface area (Å²) in [5.41, 5.74) is 1.23. The van der Waals surface area contributed by atoms with E-state index in [1.54, 1.807) is 30.0 Å². The standard InChI is InChI=1S/C22H23ClFN3O4S/c1-3-31-19-9-7-15(12-20(19)30-2)22-25-21(14-6-8-18(24)17(23)11-14)26-27(22)16-5-4-10-32(28,29)13-16/h6-9,11-12,16H,3-5,10,13H2,1-2H3. The van der Waals surface area contributed by atoms with E-state index in [4.69, 9.17) is 21.1 Å². The van der Waals surface area contributed by atoms with Gasteiger partial charge in [0.25, 0.3) is 0 Å². The summed E-state index contributed by atoms with van der Waals surface area (Å²) in [6.07, 6.45) is 1.21. The van der Waals surface area contributed by atoms with Gasteiger partial charge in [-0.1, -0.05) is 11.6 Å². The maximum atomic E-state index is 13.7. The Morgan fingerprint density at radius 1 is 1.19 bits per heavy atom. The number of aromatic nitrogens is 3. The Bertz CT molecular complexity index is 1250. The summed E-state index contributed by atoms with van der Waals surface area (Å²) in [6.45, 7) is 2.37. The molecule has 0 aliphatic carbocycles. The van der Waals surface area contributed by atoms with Gasteiger partial charge in [0.05, 0.1) is 36.3 Å². The molecule has 170 valence electrons. The van der Waals surface area contributed by atoms with Gasteiger partial charge in [-0.25, -0.2) is 22.5 Å². The zero-order chi connectivity index (χ0) is 22.9. The molecule has 0 N–H and O–H groups in total. The van der Waals surface area contributed by atoms with Gasteiger partial charge in [0.1, 0.15) is 5.82 Å². The smallest absolute Gasteiger partial charge is 0.181 e. The molecule has 3 aromatic rings. The van der Waals surface area contributed by atoms with Crippen LogP contribution in [0.5, 0.6) is 11.5 Å². The van der Waals surface area contributed by atoms with Gasteiger partial charge in [0, 0.05) is 11.1 Å². The number of halogens is 2. The number of nitrogens with zero attached hydrogens (tertiary/aromatic N) is 3. The van der Waals surface area contributed by atoms with Crippen molar-refractivity contribution in [1.29, 1.82) is 0 Å². The second kappa shape index (κ2) is 9.07. The highest BCUT2D eigenvalue weighted by atomic mass is 35.5. The summed E-state index contributed by atoms with van der Waals surface area (Å²) in [7, 11) is -1.63. The SMILES string of the molecule is CCOc1ccc(-c2nc(-c3ccc(F)c(Cl)c3)nn2C2CCCS(=O)(=O)C2)cc1OC. The van der Waals surface area contributed by atoms with Crippen LogP contribution >= 0.6 is 11.6 Å². The summed E-state index contributed by atoms with van der Waals surface area (Å²) >= 11 is 5.95. The molecular weight excluding hydrogens is 457 g/mol. The fraction of sp³-hybridized carbons (Fsp3) is 0.364. The summed E-state index contributed by atoms with van der Waals surface area (Å²) in [5.74, 6) is 1.56. The maximum absolute atomic E-state index is 13.7. The highest BCUT2D eigenvalue weighted by Crippen LogP contribution is 2.35. The Morgan fingerprint density at radius 3 is 2.66 bits per heavy atom. The Hall–Kier alpha value is -2.65. The molecule has 1 saturated heterocycles. The maximum Gasteiger partial charge on any atom is 0.181 e. The normalized spacial score (nSPS) is 17.8. The van der Waals surface area contributed by atoms with Gasteiger partial charge in [-0.05, 0) is 56.2 Å². The molecule has 1 unspecified atom stereocenters. The van der Waals surface area contributed by atoms with E-state index in [1.807, 2.05) is 13.0 Å². The molecule has 2 aromatic carbocycles. The van der Waals surface area contributed by atoms with Crippen LogP contribution in [0.3, 0.4) is 0 Å². The lowest BCUT2D eigenvalue weighted by molar-refractivity contribution is 0.311. The first-order valence-electron chi connectivity index (χ1n) is 10.2. The van der Waals surface area contributed by atoms with E-state index in [9.17, 15) is 12.8 Å². The third-order valence-electron chi connectivity index (χ3n) is 5.32. The third kappa shape index (κ3) is 4.59. The van der Waals surface area contributed by atoms with Crippen molar-refractivity contribution in [2.75, 3.05) is 25.2 Å². The monoisotopic (exact) mass is 479 g/mol. The van der Waals surface area contributed by atoms with E-state index >= 15 is 0 Å². The first kappa shape index (κ1) is 22.5. The fourth-order valence-corrected chi connectivity index (χ4v) is 5.65. The number of hydrogen-bond donors (Lipinski definition) is 0. The highest BCUT2D eigenvalue weighted by molar-refractivity contribution is 7.91. The lowest BCUT2D eigenvalue weighted by Gasteiger charge is -2.23. The number of methoxy groups -OCH3 is 1. The molecule has 1 aliphatic rings. The molecule has 10 heteroatoms. The van der Waals surface area contributed by atoms with Crippen LogP contribution in [0.15, 0.2) is 36.4 Å². The second-order valence-electron chi connectivity index (χ2n) is 7.54. The van der Waals surface area contributed by atoms with Crippen molar-refractivity contribution in [1.82, 2.24) is 14.8 Å². The van der Waals surface area contributed by atoms with E-state index in [-0.39, 0.29) is 22.6 Å². The topological polar surface area (TPSA) is 83.3 Å². The van der Waals surface area contributed by atoms with E-state index < -0.39 is 15.7 Å². The molecule has 0 saturated carbocycles. The van der Waals surface area contributed by atoms with Crippen LogP contribution in [-0.2, 0) is 9.84 Å². The van der Waals surface area contributed by atoms with E-state index in [2.05, 4.69) is 10.1 Å². The molecule has 1 aliphatic heterocycles. The van der Waals surface area contributed by atoms with E-state index in [1.165, 1.54) is 12.1 Å². The zero-order valence-electron chi connectivity index (χ0n) is 17.7. The first-order valence-corrected chi connectivity index (χ1v) is 12.4. The average Bonchev–Trinajstić information content (AvgIpc) is 3.21. The molecule has 2 heterocycles. The fourth-order valence-electron chi connectivity index (χ4n) is 3.81. The highest BCUT2D eigenvalue weighted by Gasteiger charge is 2.30. The average molecular weight is 480 g/mol. The summed E-state index contributed by atoms with van der Waals surface area (Å²) < 4.78 is 51.0. The third-order valence-corrected chi connectivity index (χ3v) is 7.41. The van der Waals surface area contributed by atoms with Gasteiger partial charge in [0.15, 0.2) is 33.0 Å². The van der Waals surface area contributed by atoms with Crippen molar-refractivity contribution in [2.45, 2.75) is 25.8 Å². The first-order chi connectivity index (χ1) is 15.3. The lowest BCUT2D eigenvalue weighted by atomic mass is 10.1. The van der Waals surface area contributed by atoms with Gasteiger partial charge in [-0.2, -0.15) is 5.10 Å². The molecule has 0 spiro atoms. The Labute approximate surface area is 191 Å².